The van der Waals surface area contributed by atoms with Crippen LogP contribution in [0.2, 0.25) is 0 Å². The van der Waals surface area contributed by atoms with Crippen LogP contribution >= 0.6 is 15.9 Å². The van der Waals surface area contributed by atoms with Gasteiger partial charge in [-0.3, -0.25) is 9.59 Å². The second-order valence-electron chi connectivity index (χ2n) is 5.10. The highest BCUT2D eigenvalue weighted by Gasteiger charge is 2.37. The summed E-state index contributed by atoms with van der Waals surface area (Å²) in [5.74, 6) is -0.860. The predicted molar refractivity (Wildman–Crippen MR) is 85.9 cm³/mol. The van der Waals surface area contributed by atoms with Crippen LogP contribution in [-0.4, -0.2) is 31.4 Å². The molecular formula is C15H20BrN3O2. The van der Waals surface area contributed by atoms with E-state index in [1.54, 1.807) is 4.90 Å². The molecule has 1 aromatic rings. The molecule has 1 fully saturated rings. The van der Waals surface area contributed by atoms with Gasteiger partial charge < -0.3 is 16.0 Å². The number of carbonyl (C=O) groups is 2. The number of halogens is 1. The third-order valence-electron chi connectivity index (χ3n) is 3.57. The summed E-state index contributed by atoms with van der Waals surface area (Å²) in [6.07, 6.45) is 2.29. The quantitative estimate of drug-likeness (QED) is 0.603. The zero-order valence-electron chi connectivity index (χ0n) is 11.8. The molecule has 5 nitrogen and oxygen atoms in total. The average Bonchev–Trinajstić information content (AvgIpc) is 2.85. The van der Waals surface area contributed by atoms with Crippen molar-refractivity contribution >= 4 is 33.4 Å². The number of carbonyl (C=O) groups excluding carboxylic acids is 2. The van der Waals surface area contributed by atoms with Crippen LogP contribution in [0.3, 0.4) is 0 Å². The number of nitrogens with zero attached hydrogens (tertiary/aromatic N) is 1. The molecule has 114 valence electrons. The van der Waals surface area contributed by atoms with Crippen molar-refractivity contribution < 1.29 is 9.59 Å². The summed E-state index contributed by atoms with van der Waals surface area (Å²) in [7, 11) is 0. The molecule has 0 radical (unpaired) electrons. The molecule has 0 aromatic heterocycles. The summed E-state index contributed by atoms with van der Waals surface area (Å²) >= 11 is 3.39. The molecule has 1 aliphatic rings. The van der Waals surface area contributed by atoms with Crippen LogP contribution in [0.15, 0.2) is 28.7 Å². The van der Waals surface area contributed by atoms with E-state index in [1.165, 1.54) is 0 Å². The standard InChI is InChI=1S/C15H20BrN3O2/c16-11-4-3-5-12(10-11)19-9-6-13(15(19)21)14(20)18-8-2-1-7-17/h3-5,10,13H,1-2,6-9,17H2,(H,18,20). The van der Waals surface area contributed by atoms with Gasteiger partial charge in [0.1, 0.15) is 5.92 Å². The molecule has 1 saturated heterocycles. The fourth-order valence-electron chi connectivity index (χ4n) is 2.43. The smallest absolute Gasteiger partial charge is 0.239 e. The Kier molecular flexibility index (Phi) is 5.76. The molecule has 0 aliphatic carbocycles. The first-order valence-corrected chi connectivity index (χ1v) is 7.97. The Morgan fingerprint density at radius 1 is 1.43 bits per heavy atom. The maximum Gasteiger partial charge on any atom is 0.239 e. The van der Waals surface area contributed by atoms with E-state index < -0.39 is 5.92 Å². The van der Waals surface area contributed by atoms with Crippen LogP contribution in [0.4, 0.5) is 5.69 Å². The van der Waals surface area contributed by atoms with Crippen molar-refractivity contribution in [3.8, 4) is 0 Å². The maximum absolute atomic E-state index is 12.4. The van der Waals surface area contributed by atoms with Crippen LogP contribution in [0.5, 0.6) is 0 Å². The van der Waals surface area contributed by atoms with Gasteiger partial charge in [0, 0.05) is 23.2 Å². The first kappa shape index (κ1) is 16.0. The van der Waals surface area contributed by atoms with Gasteiger partial charge >= 0.3 is 0 Å². The molecular weight excluding hydrogens is 334 g/mol. The lowest BCUT2D eigenvalue weighted by atomic mass is 10.1. The van der Waals surface area contributed by atoms with Crippen molar-refractivity contribution in [3.05, 3.63) is 28.7 Å². The summed E-state index contributed by atoms with van der Waals surface area (Å²) < 4.78 is 0.919. The molecule has 3 N–H and O–H groups in total. The second-order valence-corrected chi connectivity index (χ2v) is 6.01. The molecule has 0 saturated carbocycles. The Morgan fingerprint density at radius 2 is 2.24 bits per heavy atom. The molecule has 21 heavy (non-hydrogen) atoms. The molecule has 2 amide bonds. The van der Waals surface area contributed by atoms with E-state index in [4.69, 9.17) is 5.73 Å². The van der Waals surface area contributed by atoms with Crippen molar-refractivity contribution in [2.45, 2.75) is 19.3 Å². The lowest BCUT2D eigenvalue weighted by Crippen LogP contribution is -2.37. The first-order chi connectivity index (χ1) is 10.1. The molecule has 1 aliphatic heterocycles. The Morgan fingerprint density at radius 3 is 2.95 bits per heavy atom. The number of rotatable bonds is 6. The number of nitrogens with two attached hydrogens (primary N) is 1. The highest BCUT2D eigenvalue weighted by atomic mass is 79.9. The minimum atomic E-state index is -0.568. The molecule has 6 heteroatoms. The van der Waals surface area contributed by atoms with E-state index in [-0.39, 0.29) is 11.8 Å². The molecule has 0 spiro atoms. The summed E-state index contributed by atoms with van der Waals surface area (Å²) in [6, 6.07) is 7.56. The monoisotopic (exact) mass is 353 g/mol. The van der Waals surface area contributed by atoms with Crippen molar-refractivity contribution in [1.29, 1.82) is 0 Å². The third-order valence-corrected chi connectivity index (χ3v) is 4.07. The first-order valence-electron chi connectivity index (χ1n) is 7.18. The minimum Gasteiger partial charge on any atom is -0.355 e. The lowest BCUT2D eigenvalue weighted by Gasteiger charge is -2.17. The van der Waals surface area contributed by atoms with Crippen LogP contribution in [0, 0.1) is 5.92 Å². The molecule has 2 rings (SSSR count). The SMILES string of the molecule is NCCCCNC(=O)C1CCN(c2cccc(Br)c2)C1=O. The predicted octanol–water partition coefficient (Wildman–Crippen LogP) is 1.66. The van der Waals surface area contributed by atoms with Crippen LogP contribution in [0.25, 0.3) is 0 Å². The third kappa shape index (κ3) is 4.04. The van der Waals surface area contributed by atoms with Crippen LogP contribution in [-0.2, 0) is 9.59 Å². The van der Waals surface area contributed by atoms with Crippen LogP contribution < -0.4 is 16.0 Å². The van der Waals surface area contributed by atoms with Gasteiger partial charge in [-0.1, -0.05) is 22.0 Å². The fraction of sp³-hybridized carbons (Fsp3) is 0.467. The van der Waals surface area contributed by atoms with E-state index in [1.807, 2.05) is 24.3 Å². The Bertz CT molecular complexity index is 521. The highest BCUT2D eigenvalue weighted by molar-refractivity contribution is 9.10. The Balaban J connectivity index is 1.93. The number of anilines is 1. The van der Waals surface area contributed by atoms with E-state index in [0.717, 1.165) is 23.0 Å². The minimum absolute atomic E-state index is 0.121. The normalized spacial score (nSPS) is 18.1. The van der Waals surface area contributed by atoms with Crippen molar-refractivity contribution in [1.82, 2.24) is 5.32 Å². The van der Waals surface area contributed by atoms with E-state index >= 15 is 0 Å². The van der Waals surface area contributed by atoms with Gasteiger partial charge in [0.2, 0.25) is 11.8 Å². The average molecular weight is 354 g/mol. The topological polar surface area (TPSA) is 75.4 Å². The number of amides is 2. The Labute approximate surface area is 133 Å². The van der Waals surface area contributed by atoms with Crippen molar-refractivity contribution in [2.75, 3.05) is 24.5 Å². The highest BCUT2D eigenvalue weighted by Crippen LogP contribution is 2.27. The van der Waals surface area contributed by atoms with Gasteiger partial charge in [-0.2, -0.15) is 0 Å². The maximum atomic E-state index is 12.4. The number of benzene rings is 1. The van der Waals surface area contributed by atoms with Gasteiger partial charge in [-0.15, -0.1) is 0 Å². The largest absolute Gasteiger partial charge is 0.355 e. The van der Waals surface area contributed by atoms with Gasteiger partial charge in [0.15, 0.2) is 0 Å². The Hall–Kier alpha value is -1.40. The molecule has 1 aromatic carbocycles. The summed E-state index contributed by atoms with van der Waals surface area (Å²) in [6.45, 7) is 1.78. The van der Waals surface area contributed by atoms with Crippen molar-refractivity contribution in [2.24, 2.45) is 11.7 Å². The lowest BCUT2D eigenvalue weighted by molar-refractivity contribution is -0.132. The van der Waals surface area contributed by atoms with Crippen molar-refractivity contribution in [3.63, 3.8) is 0 Å². The number of hydrogen-bond acceptors (Lipinski definition) is 3. The summed E-state index contributed by atoms with van der Waals surface area (Å²) in [4.78, 5) is 26.1. The second kappa shape index (κ2) is 7.56. The van der Waals surface area contributed by atoms with E-state index in [0.29, 0.717) is 26.1 Å². The number of unbranched alkanes of at least 4 members (excludes halogenated alkanes) is 1. The molecule has 1 unspecified atom stereocenters. The molecule has 1 atom stereocenters. The number of nitrogens with one attached hydrogen (secondary N) is 1. The van der Waals surface area contributed by atoms with Crippen LogP contribution in [0.1, 0.15) is 19.3 Å². The van der Waals surface area contributed by atoms with Gasteiger partial charge in [0.25, 0.3) is 0 Å². The zero-order chi connectivity index (χ0) is 15.2. The van der Waals surface area contributed by atoms with Gasteiger partial charge in [-0.25, -0.2) is 0 Å². The summed E-state index contributed by atoms with van der Waals surface area (Å²) in [5, 5.41) is 2.82. The molecule has 1 heterocycles. The van der Waals surface area contributed by atoms with E-state index in [2.05, 4.69) is 21.2 Å². The number of hydrogen-bond donors (Lipinski definition) is 2. The molecule has 0 bridgehead atoms. The van der Waals surface area contributed by atoms with E-state index in [9.17, 15) is 9.59 Å². The van der Waals surface area contributed by atoms with Gasteiger partial charge in [-0.05, 0) is 44.0 Å². The van der Waals surface area contributed by atoms with Gasteiger partial charge in [0.05, 0.1) is 0 Å². The fourth-order valence-corrected chi connectivity index (χ4v) is 2.81. The summed E-state index contributed by atoms with van der Waals surface area (Å²) in [5.41, 5.74) is 6.23. The zero-order valence-corrected chi connectivity index (χ0v) is 13.4.